The molecule has 32 heavy (non-hydrogen) atoms. The number of nitrogens with one attached hydrogen (secondary N) is 1. The van der Waals surface area contributed by atoms with Crippen molar-refractivity contribution in [2.45, 2.75) is 26.0 Å². The summed E-state index contributed by atoms with van der Waals surface area (Å²) in [6.07, 6.45) is 0. The van der Waals surface area contributed by atoms with Crippen LogP contribution >= 0.6 is 11.3 Å². The zero-order valence-corrected chi connectivity index (χ0v) is 19.3. The fourth-order valence-corrected chi connectivity index (χ4v) is 4.93. The molecule has 4 aromatic rings. The van der Waals surface area contributed by atoms with Gasteiger partial charge in [-0.15, -0.1) is 11.3 Å². The fourth-order valence-electron chi connectivity index (χ4n) is 3.84. The first-order chi connectivity index (χ1) is 15.5. The lowest BCUT2D eigenvalue weighted by Crippen LogP contribution is -2.44. The van der Waals surface area contributed by atoms with Crippen LogP contribution in [0.4, 0.5) is 0 Å². The Balaban J connectivity index is 1.78. The van der Waals surface area contributed by atoms with Gasteiger partial charge in [0.2, 0.25) is 5.88 Å². The van der Waals surface area contributed by atoms with Gasteiger partial charge in [0, 0.05) is 7.11 Å². The first kappa shape index (κ1) is 21.9. The molecule has 0 bridgehead atoms. The van der Waals surface area contributed by atoms with Crippen LogP contribution in [0.25, 0.3) is 10.2 Å². The van der Waals surface area contributed by atoms with Gasteiger partial charge in [-0.3, -0.25) is 4.79 Å². The minimum Gasteiger partial charge on any atom is -0.480 e. The molecule has 0 saturated heterocycles. The van der Waals surface area contributed by atoms with Crippen molar-refractivity contribution in [2.75, 3.05) is 14.2 Å². The maximum Gasteiger partial charge on any atom is 0.262 e. The van der Waals surface area contributed by atoms with Crippen molar-refractivity contribution >= 4 is 27.5 Å². The molecule has 2 heterocycles. The molecule has 0 aliphatic heterocycles. The van der Waals surface area contributed by atoms with Crippen LogP contribution in [0.15, 0.2) is 60.7 Å². The van der Waals surface area contributed by atoms with E-state index in [2.05, 4.69) is 15.3 Å². The van der Waals surface area contributed by atoms with Crippen molar-refractivity contribution in [3.8, 4) is 5.88 Å². The van der Waals surface area contributed by atoms with E-state index in [1.165, 1.54) is 11.3 Å². The van der Waals surface area contributed by atoms with Gasteiger partial charge < -0.3 is 14.8 Å². The van der Waals surface area contributed by atoms with E-state index in [0.29, 0.717) is 21.4 Å². The topological polar surface area (TPSA) is 73.3 Å². The van der Waals surface area contributed by atoms with Crippen LogP contribution in [-0.4, -0.2) is 30.1 Å². The summed E-state index contributed by atoms with van der Waals surface area (Å²) in [5.74, 6) is 0.795. The molecule has 1 N–H and O–H groups in total. The number of carbonyl (C=O) groups excluding carboxylic acids is 1. The number of hydrogen-bond donors (Lipinski definition) is 1. The van der Waals surface area contributed by atoms with Crippen molar-refractivity contribution < 1.29 is 14.3 Å². The highest BCUT2D eigenvalue weighted by Crippen LogP contribution is 2.36. The second-order valence-corrected chi connectivity index (χ2v) is 8.63. The van der Waals surface area contributed by atoms with E-state index < -0.39 is 5.54 Å². The Kier molecular flexibility index (Phi) is 6.21. The monoisotopic (exact) mass is 447 g/mol. The molecule has 0 unspecified atom stereocenters. The number of amides is 1. The summed E-state index contributed by atoms with van der Waals surface area (Å²) >= 11 is 1.33. The van der Waals surface area contributed by atoms with Crippen LogP contribution < -0.4 is 10.1 Å². The number of fused-ring (bicyclic) bond motifs is 1. The molecule has 164 valence electrons. The normalized spacial score (nSPS) is 11.5. The predicted octanol–water partition coefficient (Wildman–Crippen LogP) is 4.85. The van der Waals surface area contributed by atoms with Gasteiger partial charge in [-0.05, 0) is 30.5 Å². The quantitative estimate of drug-likeness (QED) is 0.438. The van der Waals surface area contributed by atoms with Crippen LogP contribution in [0, 0.1) is 6.92 Å². The average molecular weight is 448 g/mol. The molecule has 6 nitrogen and oxygen atoms in total. The Morgan fingerprint density at radius 1 is 1.00 bits per heavy atom. The van der Waals surface area contributed by atoms with Gasteiger partial charge in [-0.1, -0.05) is 60.7 Å². The maximum absolute atomic E-state index is 13.6. The van der Waals surface area contributed by atoms with Gasteiger partial charge in [0.1, 0.15) is 11.4 Å². The summed E-state index contributed by atoms with van der Waals surface area (Å²) < 4.78 is 10.7. The van der Waals surface area contributed by atoms with Gasteiger partial charge in [0.25, 0.3) is 5.91 Å². The number of carbonyl (C=O) groups is 1. The fraction of sp³-hybridized carbons (Fsp3) is 0.240. The standard InChI is InChI=1S/C25H25N3O3S/c1-16-20-23(31-4)26-19(15-30-3)27-24(20)32-21(16)22(29)28-25(2,17-11-7-5-8-12-17)18-13-9-6-10-14-18/h5-14H,15H2,1-4H3,(H,28,29). The summed E-state index contributed by atoms with van der Waals surface area (Å²) in [6, 6.07) is 19.9. The van der Waals surface area contributed by atoms with Crippen molar-refractivity contribution in [2.24, 2.45) is 0 Å². The molecule has 2 aromatic heterocycles. The summed E-state index contributed by atoms with van der Waals surface area (Å²) in [5, 5.41) is 4.03. The number of aryl methyl sites for hydroxylation is 1. The minimum absolute atomic E-state index is 0.170. The Hall–Kier alpha value is -3.29. The zero-order chi connectivity index (χ0) is 22.7. The van der Waals surface area contributed by atoms with Crippen molar-refractivity contribution in [1.29, 1.82) is 0 Å². The van der Waals surface area contributed by atoms with E-state index in [9.17, 15) is 4.79 Å². The summed E-state index contributed by atoms with van der Waals surface area (Å²) in [5.41, 5.74) is 2.09. The SMILES string of the molecule is COCc1nc(OC)c2c(C)c(C(=O)NC(C)(c3ccccc3)c3ccccc3)sc2n1. The van der Waals surface area contributed by atoms with Gasteiger partial charge in [-0.2, -0.15) is 4.98 Å². The second kappa shape index (κ2) is 9.06. The summed E-state index contributed by atoms with van der Waals surface area (Å²) in [4.78, 5) is 23.9. The van der Waals surface area contributed by atoms with E-state index >= 15 is 0 Å². The van der Waals surface area contributed by atoms with Crippen molar-refractivity contribution in [1.82, 2.24) is 15.3 Å². The van der Waals surface area contributed by atoms with Crippen LogP contribution in [-0.2, 0) is 16.9 Å². The third-order valence-corrected chi connectivity index (χ3v) is 6.73. The number of methoxy groups -OCH3 is 2. The number of thiophene rings is 1. The van der Waals surface area contributed by atoms with Crippen molar-refractivity contribution in [3.05, 3.63) is 88.1 Å². The molecular formula is C25H25N3O3S. The molecule has 0 radical (unpaired) electrons. The molecule has 0 aliphatic rings. The number of ether oxygens (including phenoxy) is 2. The highest BCUT2D eigenvalue weighted by molar-refractivity contribution is 7.20. The van der Waals surface area contributed by atoms with Crippen LogP contribution in [0.3, 0.4) is 0 Å². The third-order valence-electron chi connectivity index (χ3n) is 5.54. The van der Waals surface area contributed by atoms with E-state index in [1.807, 2.05) is 74.5 Å². The number of aromatic nitrogens is 2. The molecule has 7 heteroatoms. The molecule has 0 atom stereocenters. The highest BCUT2D eigenvalue weighted by atomic mass is 32.1. The van der Waals surface area contributed by atoms with E-state index in [-0.39, 0.29) is 12.5 Å². The van der Waals surface area contributed by atoms with Crippen LogP contribution in [0.2, 0.25) is 0 Å². The average Bonchev–Trinajstić information content (AvgIpc) is 3.16. The van der Waals surface area contributed by atoms with Gasteiger partial charge in [-0.25, -0.2) is 4.98 Å². The lowest BCUT2D eigenvalue weighted by atomic mass is 9.84. The van der Waals surface area contributed by atoms with Crippen molar-refractivity contribution in [3.63, 3.8) is 0 Å². The van der Waals surface area contributed by atoms with Gasteiger partial charge in [0.05, 0.1) is 22.9 Å². The van der Waals surface area contributed by atoms with Gasteiger partial charge in [0.15, 0.2) is 5.82 Å². The van der Waals surface area contributed by atoms with E-state index in [1.54, 1.807) is 14.2 Å². The Bertz CT molecular complexity index is 1200. The molecule has 2 aromatic carbocycles. The molecule has 0 aliphatic carbocycles. The Morgan fingerprint density at radius 3 is 2.12 bits per heavy atom. The first-order valence-corrected chi connectivity index (χ1v) is 11.1. The third kappa shape index (κ3) is 3.97. The van der Waals surface area contributed by atoms with Gasteiger partial charge >= 0.3 is 0 Å². The maximum atomic E-state index is 13.6. The number of benzene rings is 2. The van der Waals surface area contributed by atoms with E-state index in [0.717, 1.165) is 22.1 Å². The van der Waals surface area contributed by atoms with E-state index in [4.69, 9.17) is 9.47 Å². The Labute approximate surface area is 191 Å². The predicted molar refractivity (Wildman–Crippen MR) is 126 cm³/mol. The smallest absolute Gasteiger partial charge is 0.262 e. The number of hydrogen-bond acceptors (Lipinski definition) is 6. The number of rotatable bonds is 7. The molecule has 0 saturated carbocycles. The lowest BCUT2D eigenvalue weighted by molar-refractivity contribution is 0.0922. The molecule has 4 rings (SSSR count). The number of nitrogens with zero attached hydrogens (tertiary/aromatic N) is 2. The largest absolute Gasteiger partial charge is 0.480 e. The summed E-state index contributed by atoms with van der Waals surface area (Å²) in [7, 11) is 3.16. The first-order valence-electron chi connectivity index (χ1n) is 10.2. The summed E-state index contributed by atoms with van der Waals surface area (Å²) in [6.45, 7) is 4.19. The highest BCUT2D eigenvalue weighted by Gasteiger charge is 2.32. The zero-order valence-electron chi connectivity index (χ0n) is 18.5. The van der Waals surface area contributed by atoms with Crippen LogP contribution in [0.5, 0.6) is 5.88 Å². The molecular weight excluding hydrogens is 422 g/mol. The molecule has 0 fully saturated rings. The van der Waals surface area contributed by atoms with Crippen LogP contribution in [0.1, 0.15) is 39.1 Å². The second-order valence-electron chi connectivity index (χ2n) is 7.63. The minimum atomic E-state index is -0.709. The molecule has 1 amide bonds. The Morgan fingerprint density at radius 2 is 1.59 bits per heavy atom. The molecule has 0 spiro atoms. The lowest BCUT2D eigenvalue weighted by Gasteiger charge is -2.32.